The van der Waals surface area contributed by atoms with E-state index in [9.17, 15) is 9.18 Å². The van der Waals surface area contributed by atoms with E-state index in [1.807, 2.05) is 0 Å². The second-order valence-electron chi connectivity index (χ2n) is 4.08. The number of nitrogens with two attached hydrogens (primary N) is 1. The van der Waals surface area contributed by atoms with Crippen molar-refractivity contribution in [3.8, 4) is 0 Å². The van der Waals surface area contributed by atoms with Crippen LogP contribution in [0, 0.1) is 5.82 Å². The van der Waals surface area contributed by atoms with E-state index in [0.717, 1.165) is 0 Å². The third kappa shape index (κ3) is 2.80. The second kappa shape index (κ2) is 5.75. The summed E-state index contributed by atoms with van der Waals surface area (Å²) in [5.41, 5.74) is 5.48. The van der Waals surface area contributed by atoms with Crippen LogP contribution in [0.1, 0.15) is 11.1 Å². The van der Waals surface area contributed by atoms with Gasteiger partial charge in [-0.1, -0.05) is 16.8 Å². The molecule has 5 nitrogen and oxygen atoms in total. The van der Waals surface area contributed by atoms with Crippen molar-refractivity contribution >= 4 is 17.4 Å². The van der Waals surface area contributed by atoms with E-state index in [1.165, 1.54) is 35.0 Å². The van der Waals surface area contributed by atoms with Gasteiger partial charge in [0.05, 0.1) is 12.1 Å². The minimum absolute atomic E-state index is 0.0579. The first-order chi connectivity index (χ1) is 9.52. The molecule has 1 heterocycles. The number of benzene rings is 1. The summed E-state index contributed by atoms with van der Waals surface area (Å²) in [6, 6.07) is 6.92. The van der Waals surface area contributed by atoms with Gasteiger partial charge in [-0.3, -0.25) is 4.79 Å². The third-order valence-corrected chi connectivity index (χ3v) is 3.12. The lowest BCUT2D eigenvalue weighted by Gasteiger charge is -2.09. The Hall–Kier alpha value is -2.34. The van der Waals surface area contributed by atoms with Gasteiger partial charge in [0.1, 0.15) is 5.82 Å². The van der Waals surface area contributed by atoms with Crippen LogP contribution in [0.5, 0.6) is 0 Å². The number of hydrogen-bond acceptors (Lipinski definition) is 3. The van der Waals surface area contributed by atoms with Crippen molar-refractivity contribution in [3.63, 3.8) is 0 Å². The summed E-state index contributed by atoms with van der Waals surface area (Å²) in [7, 11) is 0. The maximum atomic E-state index is 13.2. The van der Waals surface area contributed by atoms with Crippen molar-refractivity contribution in [1.29, 1.82) is 0 Å². The number of aromatic nitrogens is 1. The Morgan fingerprint density at radius 2 is 2.20 bits per heavy atom. The molecule has 1 aromatic carbocycles. The number of hydrogen-bond donors (Lipinski definition) is 2. The van der Waals surface area contributed by atoms with Gasteiger partial charge >= 0.3 is 0 Å². The highest BCUT2D eigenvalue weighted by Crippen LogP contribution is 2.17. The van der Waals surface area contributed by atoms with Crippen LogP contribution in [0.15, 0.2) is 46.5 Å². The van der Waals surface area contributed by atoms with Crippen molar-refractivity contribution in [2.45, 2.75) is 6.54 Å². The fraction of sp³-hybridized carbons (Fsp3) is 0.0769. The molecular weight excluding hydrogens is 285 g/mol. The lowest BCUT2D eigenvalue weighted by Crippen LogP contribution is -2.30. The van der Waals surface area contributed by atoms with Crippen molar-refractivity contribution in [3.05, 3.63) is 68.8 Å². The average molecular weight is 296 g/mol. The van der Waals surface area contributed by atoms with Crippen LogP contribution in [-0.4, -0.2) is 15.6 Å². The molecule has 0 spiro atoms. The van der Waals surface area contributed by atoms with Crippen molar-refractivity contribution in [1.82, 2.24) is 4.57 Å². The summed E-state index contributed by atoms with van der Waals surface area (Å²) >= 11 is 5.96. The Kier molecular flexibility index (Phi) is 4.05. The molecule has 3 N–H and O–H groups in total. The lowest BCUT2D eigenvalue weighted by atomic mass is 10.2. The zero-order valence-corrected chi connectivity index (χ0v) is 11.0. The van der Waals surface area contributed by atoms with Crippen molar-refractivity contribution in [2.75, 3.05) is 0 Å². The summed E-state index contributed by atoms with van der Waals surface area (Å²) in [5, 5.41) is 11.8. The van der Waals surface area contributed by atoms with Crippen LogP contribution >= 0.6 is 11.6 Å². The minimum atomic E-state index is -0.455. The third-order valence-electron chi connectivity index (χ3n) is 2.75. The van der Waals surface area contributed by atoms with Crippen LogP contribution in [0.2, 0.25) is 5.02 Å². The molecule has 0 fully saturated rings. The summed E-state index contributed by atoms with van der Waals surface area (Å²) in [4.78, 5) is 12.1. The number of rotatable bonds is 3. The Morgan fingerprint density at radius 1 is 1.45 bits per heavy atom. The van der Waals surface area contributed by atoms with Gasteiger partial charge in [0.25, 0.3) is 5.56 Å². The molecule has 0 atom stereocenters. The fourth-order valence-corrected chi connectivity index (χ4v) is 1.94. The lowest BCUT2D eigenvalue weighted by molar-refractivity contribution is 0.318. The van der Waals surface area contributed by atoms with Gasteiger partial charge in [-0.05, 0) is 35.9 Å². The summed E-state index contributed by atoms with van der Waals surface area (Å²) < 4.78 is 14.5. The molecule has 0 bridgehead atoms. The molecule has 0 aliphatic carbocycles. The number of nitrogens with zero attached hydrogens (tertiary/aromatic N) is 2. The van der Waals surface area contributed by atoms with E-state index in [2.05, 4.69) is 5.16 Å². The van der Waals surface area contributed by atoms with Crippen LogP contribution in [0.4, 0.5) is 4.39 Å². The highest BCUT2D eigenvalue weighted by Gasteiger charge is 2.09. The summed E-state index contributed by atoms with van der Waals surface area (Å²) in [6.45, 7) is 0.0853. The zero-order valence-electron chi connectivity index (χ0n) is 10.3. The molecule has 0 radical (unpaired) electrons. The summed E-state index contributed by atoms with van der Waals surface area (Å²) in [6.07, 6.45) is 1.51. The van der Waals surface area contributed by atoms with E-state index in [1.54, 1.807) is 6.07 Å². The average Bonchev–Trinajstić information content (AvgIpc) is 2.44. The maximum absolute atomic E-state index is 13.2. The van der Waals surface area contributed by atoms with Gasteiger partial charge < -0.3 is 15.5 Å². The predicted octanol–water partition coefficient (Wildman–Crippen LogP) is 1.78. The molecule has 2 rings (SSSR count). The van der Waals surface area contributed by atoms with E-state index in [0.29, 0.717) is 10.6 Å². The number of halogens is 2. The van der Waals surface area contributed by atoms with Gasteiger partial charge in [-0.2, -0.15) is 0 Å². The first-order valence-corrected chi connectivity index (χ1v) is 6.02. The highest BCUT2D eigenvalue weighted by atomic mass is 35.5. The number of amidine groups is 1. The molecule has 104 valence electrons. The van der Waals surface area contributed by atoms with Gasteiger partial charge in [-0.15, -0.1) is 0 Å². The molecule has 2 aromatic rings. The molecule has 0 unspecified atom stereocenters. The SMILES string of the molecule is N/C(=N/O)c1cccn(Cc2cc(F)ccc2Cl)c1=O. The first kappa shape index (κ1) is 14.1. The maximum Gasteiger partial charge on any atom is 0.261 e. The fourth-order valence-electron chi connectivity index (χ4n) is 1.76. The molecule has 0 aliphatic heterocycles. The predicted molar refractivity (Wildman–Crippen MR) is 73.7 cm³/mol. The van der Waals surface area contributed by atoms with Gasteiger partial charge in [0.2, 0.25) is 0 Å². The van der Waals surface area contributed by atoms with Gasteiger partial charge in [0.15, 0.2) is 5.84 Å². The first-order valence-electron chi connectivity index (χ1n) is 5.64. The van der Waals surface area contributed by atoms with Crippen molar-refractivity contribution in [2.24, 2.45) is 10.9 Å². The monoisotopic (exact) mass is 295 g/mol. The zero-order chi connectivity index (χ0) is 14.7. The molecule has 0 amide bonds. The molecule has 0 saturated carbocycles. The van der Waals surface area contributed by atoms with E-state index >= 15 is 0 Å². The number of oxime groups is 1. The second-order valence-corrected chi connectivity index (χ2v) is 4.48. The van der Waals surface area contributed by atoms with Crippen LogP contribution in [0.3, 0.4) is 0 Å². The van der Waals surface area contributed by atoms with Gasteiger partial charge in [0, 0.05) is 11.2 Å². The van der Waals surface area contributed by atoms with E-state index < -0.39 is 11.4 Å². The molecular formula is C13H11ClFN3O2. The smallest absolute Gasteiger partial charge is 0.261 e. The molecule has 7 heteroatoms. The Morgan fingerprint density at radius 3 is 2.90 bits per heavy atom. The minimum Gasteiger partial charge on any atom is -0.409 e. The largest absolute Gasteiger partial charge is 0.409 e. The van der Waals surface area contributed by atoms with E-state index in [-0.39, 0.29) is 17.9 Å². The van der Waals surface area contributed by atoms with E-state index in [4.69, 9.17) is 22.5 Å². The van der Waals surface area contributed by atoms with Crippen LogP contribution in [0.25, 0.3) is 0 Å². The Labute approximate surface area is 118 Å². The Bertz CT molecular complexity index is 728. The normalized spacial score (nSPS) is 11.6. The summed E-state index contributed by atoms with van der Waals surface area (Å²) in [5.74, 6) is -0.722. The van der Waals surface area contributed by atoms with Crippen LogP contribution < -0.4 is 11.3 Å². The number of pyridine rings is 1. The molecule has 0 saturated heterocycles. The van der Waals surface area contributed by atoms with Crippen molar-refractivity contribution < 1.29 is 9.60 Å². The molecule has 0 aliphatic rings. The van der Waals surface area contributed by atoms with Crippen LogP contribution in [-0.2, 0) is 6.54 Å². The molecule has 20 heavy (non-hydrogen) atoms. The quantitative estimate of drug-likeness (QED) is 0.392. The standard InChI is InChI=1S/C13H11ClFN3O2/c14-11-4-3-9(15)6-8(11)7-18-5-1-2-10(13(18)19)12(16)17-20/h1-6,20H,7H2,(H2,16,17). The highest BCUT2D eigenvalue weighted by molar-refractivity contribution is 6.31. The molecule has 1 aromatic heterocycles. The topological polar surface area (TPSA) is 80.6 Å². The van der Waals surface area contributed by atoms with Gasteiger partial charge in [-0.25, -0.2) is 4.39 Å². The Balaban J connectivity index is 2.45.